The summed E-state index contributed by atoms with van der Waals surface area (Å²) in [6.07, 6.45) is 3.40. The van der Waals surface area contributed by atoms with E-state index in [1.165, 1.54) is 11.3 Å². The average molecular weight is 340 g/mol. The number of likely N-dealkylation sites (tertiary alicyclic amines) is 1. The second kappa shape index (κ2) is 6.16. The number of hydrogen-bond acceptors (Lipinski definition) is 6. The first-order valence-corrected chi connectivity index (χ1v) is 8.66. The number of amides is 1. The zero-order valence-corrected chi connectivity index (χ0v) is 14.0. The molecular weight excluding hydrogens is 324 g/mol. The van der Waals surface area contributed by atoms with Crippen molar-refractivity contribution in [1.82, 2.24) is 20.0 Å². The average Bonchev–Trinajstić information content (AvgIpc) is 3.34. The van der Waals surface area contributed by atoms with E-state index in [4.69, 9.17) is 4.52 Å². The molecule has 0 N–H and O–H groups in total. The monoisotopic (exact) mass is 340 g/mol. The first-order chi connectivity index (χ1) is 11.7. The highest BCUT2D eigenvalue weighted by atomic mass is 32.1. The molecule has 0 saturated carbocycles. The van der Waals surface area contributed by atoms with Crippen LogP contribution in [0, 0.1) is 6.92 Å². The minimum absolute atomic E-state index is 0.0115. The zero-order chi connectivity index (χ0) is 16.5. The van der Waals surface area contributed by atoms with Gasteiger partial charge in [0.25, 0.3) is 5.91 Å². The lowest BCUT2D eigenvalue weighted by molar-refractivity contribution is 0.0715. The van der Waals surface area contributed by atoms with Crippen molar-refractivity contribution in [1.29, 1.82) is 0 Å². The molecule has 122 valence electrons. The molecule has 4 rings (SSSR count). The van der Waals surface area contributed by atoms with Crippen LogP contribution in [-0.2, 0) is 0 Å². The van der Waals surface area contributed by atoms with Crippen LogP contribution in [0.15, 0.2) is 41.1 Å². The van der Waals surface area contributed by atoms with Crippen molar-refractivity contribution < 1.29 is 9.32 Å². The third kappa shape index (κ3) is 2.71. The van der Waals surface area contributed by atoms with Gasteiger partial charge in [-0.15, -0.1) is 11.3 Å². The molecule has 2 aromatic heterocycles. The number of benzene rings is 1. The number of carbonyl (C=O) groups is 1. The van der Waals surface area contributed by atoms with Crippen molar-refractivity contribution in [2.45, 2.75) is 25.8 Å². The van der Waals surface area contributed by atoms with Crippen LogP contribution in [-0.4, -0.2) is 32.5 Å². The van der Waals surface area contributed by atoms with Gasteiger partial charge in [-0.25, -0.2) is 4.98 Å². The third-order valence-corrected chi connectivity index (χ3v) is 5.01. The van der Waals surface area contributed by atoms with Gasteiger partial charge in [-0.1, -0.05) is 35.5 Å². The van der Waals surface area contributed by atoms with Crippen molar-refractivity contribution >= 4 is 17.2 Å². The zero-order valence-electron chi connectivity index (χ0n) is 13.2. The molecule has 1 aromatic carbocycles. The Hall–Kier alpha value is -2.54. The highest BCUT2D eigenvalue weighted by Gasteiger charge is 2.35. The van der Waals surface area contributed by atoms with Crippen LogP contribution in [0.1, 0.15) is 39.5 Å². The van der Waals surface area contributed by atoms with Gasteiger partial charge in [-0.05, 0) is 19.8 Å². The molecule has 0 radical (unpaired) electrons. The summed E-state index contributed by atoms with van der Waals surface area (Å²) < 4.78 is 5.46. The molecule has 0 bridgehead atoms. The molecule has 0 spiro atoms. The van der Waals surface area contributed by atoms with Crippen LogP contribution in [0.3, 0.4) is 0 Å². The van der Waals surface area contributed by atoms with Crippen LogP contribution >= 0.6 is 11.3 Å². The molecule has 1 atom stereocenters. The number of carbonyl (C=O) groups excluding carboxylic acids is 1. The van der Waals surface area contributed by atoms with E-state index in [9.17, 15) is 4.79 Å². The summed E-state index contributed by atoms with van der Waals surface area (Å²) in [6, 6.07) is 9.52. The lowest BCUT2D eigenvalue weighted by atomic mass is 10.2. The van der Waals surface area contributed by atoms with E-state index in [1.54, 1.807) is 6.20 Å². The molecule has 1 saturated heterocycles. The largest absolute Gasteiger partial charge is 0.337 e. The third-order valence-electron chi connectivity index (χ3n) is 4.10. The standard InChI is InChI=1S/C17H16N4O2S/c1-11-18-10-14(24-11)17(22)21-9-5-8-13(21)16-19-15(20-23-16)12-6-3-2-4-7-12/h2-4,6-7,10,13H,5,8-9H2,1H3/t13-/m0/s1. The molecule has 6 nitrogen and oxygen atoms in total. The smallest absolute Gasteiger partial charge is 0.266 e. The van der Waals surface area contributed by atoms with Gasteiger partial charge in [-0.3, -0.25) is 4.79 Å². The Morgan fingerprint density at radius 2 is 2.17 bits per heavy atom. The van der Waals surface area contributed by atoms with Crippen molar-refractivity contribution in [3.8, 4) is 11.4 Å². The van der Waals surface area contributed by atoms with E-state index >= 15 is 0 Å². The fourth-order valence-electron chi connectivity index (χ4n) is 2.94. The lowest BCUT2D eigenvalue weighted by Gasteiger charge is -2.20. The van der Waals surface area contributed by atoms with Crippen molar-refractivity contribution in [3.05, 3.63) is 52.3 Å². The molecule has 24 heavy (non-hydrogen) atoms. The summed E-state index contributed by atoms with van der Waals surface area (Å²) in [5.74, 6) is 1.04. The predicted molar refractivity (Wildman–Crippen MR) is 89.6 cm³/mol. The van der Waals surface area contributed by atoms with Crippen LogP contribution in [0.25, 0.3) is 11.4 Å². The van der Waals surface area contributed by atoms with E-state index in [0.717, 1.165) is 23.4 Å². The summed E-state index contributed by atoms with van der Waals surface area (Å²) in [4.78, 5) is 23.9. The number of aromatic nitrogens is 3. The van der Waals surface area contributed by atoms with Gasteiger partial charge >= 0.3 is 0 Å². The summed E-state index contributed by atoms with van der Waals surface area (Å²) in [5, 5.41) is 4.96. The first kappa shape index (κ1) is 15.0. The quantitative estimate of drug-likeness (QED) is 0.730. The van der Waals surface area contributed by atoms with Gasteiger partial charge in [0.05, 0.1) is 11.2 Å². The Balaban J connectivity index is 1.59. The number of aryl methyl sites for hydroxylation is 1. The van der Waals surface area contributed by atoms with Crippen LogP contribution in [0.5, 0.6) is 0 Å². The van der Waals surface area contributed by atoms with Gasteiger partial charge in [0.1, 0.15) is 10.9 Å². The molecule has 1 fully saturated rings. The molecular formula is C17H16N4O2S. The maximum absolute atomic E-state index is 12.7. The van der Waals surface area contributed by atoms with Gasteiger partial charge in [-0.2, -0.15) is 4.98 Å². The van der Waals surface area contributed by atoms with Crippen molar-refractivity contribution in [2.75, 3.05) is 6.54 Å². The normalized spacial score (nSPS) is 17.4. The number of thiazole rings is 1. The number of nitrogens with zero attached hydrogens (tertiary/aromatic N) is 4. The fourth-order valence-corrected chi connectivity index (χ4v) is 3.68. The van der Waals surface area contributed by atoms with Crippen LogP contribution in [0.4, 0.5) is 0 Å². The van der Waals surface area contributed by atoms with Crippen molar-refractivity contribution in [2.24, 2.45) is 0 Å². The molecule has 1 aliphatic heterocycles. The minimum atomic E-state index is -0.162. The van der Waals surface area contributed by atoms with E-state index in [-0.39, 0.29) is 11.9 Å². The lowest BCUT2D eigenvalue weighted by Crippen LogP contribution is -2.30. The predicted octanol–water partition coefficient (Wildman–Crippen LogP) is 3.48. The highest BCUT2D eigenvalue weighted by molar-refractivity contribution is 7.13. The second-order valence-corrected chi connectivity index (χ2v) is 6.96. The van der Waals surface area contributed by atoms with Gasteiger partial charge < -0.3 is 9.42 Å². The molecule has 1 amide bonds. The van der Waals surface area contributed by atoms with E-state index in [1.807, 2.05) is 42.2 Å². The van der Waals surface area contributed by atoms with Gasteiger partial charge in [0, 0.05) is 12.1 Å². The fraction of sp³-hybridized carbons (Fsp3) is 0.294. The van der Waals surface area contributed by atoms with Crippen molar-refractivity contribution in [3.63, 3.8) is 0 Å². The molecule has 3 heterocycles. The van der Waals surface area contributed by atoms with E-state index in [2.05, 4.69) is 15.1 Å². The Morgan fingerprint density at radius 1 is 1.33 bits per heavy atom. The summed E-state index contributed by atoms with van der Waals surface area (Å²) >= 11 is 1.41. The second-order valence-electron chi connectivity index (χ2n) is 5.72. The number of hydrogen-bond donors (Lipinski definition) is 0. The first-order valence-electron chi connectivity index (χ1n) is 7.85. The highest BCUT2D eigenvalue weighted by Crippen LogP contribution is 2.33. The molecule has 3 aromatic rings. The van der Waals surface area contributed by atoms with E-state index in [0.29, 0.717) is 23.1 Å². The Bertz CT molecular complexity index is 858. The SMILES string of the molecule is Cc1ncc(C(=O)N2CCC[C@H]2c2nc(-c3ccccc3)no2)s1. The van der Waals surface area contributed by atoms with Crippen LogP contribution < -0.4 is 0 Å². The van der Waals surface area contributed by atoms with Gasteiger partial charge in [0.15, 0.2) is 0 Å². The summed E-state index contributed by atoms with van der Waals surface area (Å²) in [7, 11) is 0. The number of rotatable bonds is 3. The Labute approximate surface area is 143 Å². The minimum Gasteiger partial charge on any atom is -0.337 e. The molecule has 1 aliphatic rings. The maximum atomic E-state index is 12.7. The van der Waals surface area contributed by atoms with Gasteiger partial charge in [0.2, 0.25) is 11.7 Å². The maximum Gasteiger partial charge on any atom is 0.266 e. The molecule has 0 unspecified atom stereocenters. The summed E-state index contributed by atoms with van der Waals surface area (Å²) in [5.41, 5.74) is 0.904. The topological polar surface area (TPSA) is 72.1 Å². The Morgan fingerprint density at radius 3 is 2.92 bits per heavy atom. The summed E-state index contributed by atoms with van der Waals surface area (Å²) in [6.45, 7) is 2.59. The van der Waals surface area contributed by atoms with Crippen LogP contribution in [0.2, 0.25) is 0 Å². The Kier molecular flexibility index (Phi) is 3.86. The van der Waals surface area contributed by atoms with E-state index < -0.39 is 0 Å². The molecule has 0 aliphatic carbocycles. The molecule has 7 heteroatoms.